The topological polar surface area (TPSA) is 81.6 Å². The van der Waals surface area contributed by atoms with Crippen molar-refractivity contribution in [3.63, 3.8) is 0 Å². The van der Waals surface area contributed by atoms with Crippen LogP contribution in [0, 0.1) is 0 Å². The van der Waals surface area contributed by atoms with E-state index in [9.17, 15) is 4.79 Å². The van der Waals surface area contributed by atoms with Gasteiger partial charge in [-0.1, -0.05) is 6.07 Å². The Bertz CT molecular complexity index is 444. The number of amides is 1. The smallest absolute Gasteiger partial charge is 0.252 e. The molecule has 0 spiro atoms. The van der Waals surface area contributed by atoms with E-state index in [-0.39, 0.29) is 0 Å². The molecular weight excluding hydrogens is 230 g/mol. The maximum Gasteiger partial charge on any atom is 0.252 e. The quantitative estimate of drug-likeness (QED) is 0.732. The van der Waals surface area contributed by atoms with Crippen molar-refractivity contribution < 1.29 is 9.53 Å². The van der Waals surface area contributed by atoms with Gasteiger partial charge in [0.1, 0.15) is 6.61 Å². The van der Waals surface area contributed by atoms with E-state index >= 15 is 0 Å². The molecule has 5 nitrogen and oxygen atoms in total. The summed E-state index contributed by atoms with van der Waals surface area (Å²) in [6, 6.07) is 5.71. The molecule has 1 saturated carbocycles. The van der Waals surface area contributed by atoms with Crippen LogP contribution in [-0.4, -0.2) is 37.0 Å². The number of anilines is 1. The monoisotopic (exact) mass is 249 g/mol. The van der Waals surface area contributed by atoms with E-state index in [1.165, 1.54) is 12.8 Å². The van der Waals surface area contributed by atoms with Crippen LogP contribution in [0.1, 0.15) is 23.2 Å². The molecule has 1 fully saturated rings. The molecule has 98 valence electrons. The zero-order valence-corrected chi connectivity index (χ0v) is 10.6. The maximum absolute atomic E-state index is 11.3. The summed E-state index contributed by atoms with van der Waals surface area (Å²) >= 11 is 0. The minimum absolute atomic E-state index is 0.337. The van der Waals surface area contributed by atoms with E-state index in [1.807, 2.05) is 0 Å². The fraction of sp³-hybridized carbons (Fsp3) is 0.462. The minimum atomic E-state index is -0.521. The molecule has 1 aromatic rings. The third kappa shape index (κ3) is 2.92. The molecule has 18 heavy (non-hydrogen) atoms. The lowest BCUT2D eigenvalue weighted by Gasteiger charge is -2.17. The number of likely N-dealkylation sites (N-methyl/N-ethyl adjacent to an activating group) is 1. The molecule has 0 aliphatic heterocycles. The Morgan fingerprint density at radius 3 is 2.83 bits per heavy atom. The molecule has 0 unspecified atom stereocenters. The second-order valence-corrected chi connectivity index (χ2v) is 4.65. The number of nitrogens with two attached hydrogens (primary N) is 2. The zero-order valence-electron chi connectivity index (χ0n) is 10.6. The lowest BCUT2D eigenvalue weighted by Crippen LogP contribution is -2.26. The first-order valence-electron chi connectivity index (χ1n) is 6.11. The number of benzene rings is 1. The van der Waals surface area contributed by atoms with Gasteiger partial charge in [-0.3, -0.25) is 4.79 Å². The molecule has 1 aliphatic carbocycles. The van der Waals surface area contributed by atoms with Gasteiger partial charge in [0.25, 0.3) is 5.91 Å². The molecular formula is C13H19N3O2. The van der Waals surface area contributed by atoms with E-state index in [1.54, 1.807) is 18.2 Å². The SMILES string of the molecule is CN(CCOc1c(N)cccc1C(N)=O)C1CC1. The highest BCUT2D eigenvalue weighted by Gasteiger charge is 2.25. The van der Waals surface area contributed by atoms with Crippen molar-refractivity contribution in [1.82, 2.24) is 4.90 Å². The standard InChI is InChI=1S/C13H19N3O2/c1-16(9-5-6-9)7-8-18-12-10(13(15)17)3-2-4-11(12)14/h2-4,9H,5-8,14H2,1H3,(H2,15,17). The Kier molecular flexibility index (Phi) is 3.72. The van der Waals surface area contributed by atoms with E-state index in [0.29, 0.717) is 29.6 Å². The number of primary amides is 1. The number of hydrogen-bond donors (Lipinski definition) is 2. The van der Waals surface area contributed by atoms with E-state index in [0.717, 1.165) is 6.54 Å². The molecule has 4 N–H and O–H groups in total. The fourth-order valence-electron chi connectivity index (χ4n) is 1.90. The fourth-order valence-corrected chi connectivity index (χ4v) is 1.90. The van der Waals surface area contributed by atoms with Crippen molar-refractivity contribution in [3.05, 3.63) is 23.8 Å². The van der Waals surface area contributed by atoms with Gasteiger partial charge in [0.15, 0.2) is 5.75 Å². The Balaban J connectivity index is 1.97. The highest BCUT2D eigenvalue weighted by molar-refractivity contribution is 5.97. The van der Waals surface area contributed by atoms with Crippen LogP contribution in [0.25, 0.3) is 0 Å². The normalized spacial score (nSPS) is 14.8. The molecule has 2 rings (SSSR count). The van der Waals surface area contributed by atoms with E-state index in [2.05, 4.69) is 11.9 Å². The summed E-state index contributed by atoms with van der Waals surface area (Å²) < 4.78 is 5.61. The van der Waals surface area contributed by atoms with Crippen molar-refractivity contribution in [1.29, 1.82) is 0 Å². The zero-order chi connectivity index (χ0) is 13.1. The van der Waals surface area contributed by atoms with Gasteiger partial charge >= 0.3 is 0 Å². The number of ether oxygens (including phenoxy) is 1. The molecule has 0 saturated heterocycles. The number of nitrogen functional groups attached to an aromatic ring is 1. The van der Waals surface area contributed by atoms with Crippen LogP contribution < -0.4 is 16.2 Å². The molecule has 0 heterocycles. The molecule has 1 aliphatic rings. The average Bonchev–Trinajstić information content (AvgIpc) is 3.14. The average molecular weight is 249 g/mol. The maximum atomic E-state index is 11.3. The van der Waals surface area contributed by atoms with Crippen molar-refractivity contribution in [2.75, 3.05) is 25.9 Å². The molecule has 5 heteroatoms. The number of carbonyl (C=O) groups is 1. The minimum Gasteiger partial charge on any atom is -0.489 e. The van der Waals surface area contributed by atoms with Crippen LogP contribution in [-0.2, 0) is 0 Å². The number of nitrogens with zero attached hydrogens (tertiary/aromatic N) is 1. The van der Waals surface area contributed by atoms with Crippen LogP contribution in [0.2, 0.25) is 0 Å². The first-order chi connectivity index (χ1) is 8.59. The van der Waals surface area contributed by atoms with Crippen LogP contribution >= 0.6 is 0 Å². The van der Waals surface area contributed by atoms with Crippen LogP contribution in [0.15, 0.2) is 18.2 Å². The van der Waals surface area contributed by atoms with Gasteiger partial charge in [-0.15, -0.1) is 0 Å². The summed E-state index contributed by atoms with van der Waals surface area (Å²) in [5, 5.41) is 0. The third-order valence-corrected chi connectivity index (χ3v) is 3.17. The molecule has 0 aromatic heterocycles. The van der Waals surface area contributed by atoms with E-state index < -0.39 is 5.91 Å². The Labute approximate surface area is 107 Å². The number of carbonyl (C=O) groups excluding carboxylic acids is 1. The summed E-state index contributed by atoms with van der Waals surface area (Å²) in [6.07, 6.45) is 2.52. The molecule has 0 radical (unpaired) electrons. The second kappa shape index (κ2) is 5.27. The van der Waals surface area contributed by atoms with Crippen molar-refractivity contribution >= 4 is 11.6 Å². The van der Waals surface area contributed by atoms with Crippen LogP contribution in [0.5, 0.6) is 5.75 Å². The molecule has 0 atom stereocenters. The van der Waals surface area contributed by atoms with Gasteiger partial charge in [0, 0.05) is 12.6 Å². The first kappa shape index (κ1) is 12.7. The lowest BCUT2D eigenvalue weighted by atomic mass is 10.1. The lowest BCUT2D eigenvalue weighted by molar-refractivity contribution is 0.0996. The van der Waals surface area contributed by atoms with Crippen molar-refractivity contribution in [2.24, 2.45) is 5.73 Å². The van der Waals surface area contributed by atoms with Gasteiger partial charge in [-0.2, -0.15) is 0 Å². The highest BCUT2D eigenvalue weighted by Crippen LogP contribution is 2.27. The molecule has 1 aromatic carbocycles. The summed E-state index contributed by atoms with van der Waals surface area (Å²) in [6.45, 7) is 1.32. The number of hydrogen-bond acceptors (Lipinski definition) is 4. The van der Waals surface area contributed by atoms with Gasteiger partial charge < -0.3 is 21.1 Å². The van der Waals surface area contributed by atoms with Crippen molar-refractivity contribution in [2.45, 2.75) is 18.9 Å². The summed E-state index contributed by atoms with van der Waals surface area (Å²) in [7, 11) is 2.07. The predicted molar refractivity (Wildman–Crippen MR) is 70.5 cm³/mol. The Hall–Kier alpha value is -1.75. The molecule has 1 amide bonds. The summed E-state index contributed by atoms with van der Waals surface area (Å²) in [5.41, 5.74) is 11.9. The van der Waals surface area contributed by atoms with Gasteiger partial charge in [-0.05, 0) is 32.0 Å². The van der Waals surface area contributed by atoms with Crippen molar-refractivity contribution in [3.8, 4) is 5.75 Å². The van der Waals surface area contributed by atoms with Crippen LogP contribution in [0.4, 0.5) is 5.69 Å². The number of rotatable bonds is 6. The highest BCUT2D eigenvalue weighted by atomic mass is 16.5. The van der Waals surface area contributed by atoms with E-state index in [4.69, 9.17) is 16.2 Å². The Morgan fingerprint density at radius 2 is 2.22 bits per heavy atom. The van der Waals surface area contributed by atoms with Gasteiger partial charge in [-0.25, -0.2) is 0 Å². The molecule has 0 bridgehead atoms. The summed E-state index contributed by atoms with van der Waals surface area (Å²) in [5.74, 6) is -0.123. The van der Waals surface area contributed by atoms with Gasteiger partial charge in [0.05, 0.1) is 11.3 Å². The first-order valence-corrected chi connectivity index (χ1v) is 6.11. The predicted octanol–water partition coefficient (Wildman–Crippen LogP) is 0.841. The summed E-state index contributed by atoms with van der Waals surface area (Å²) in [4.78, 5) is 13.5. The number of para-hydroxylation sites is 1. The van der Waals surface area contributed by atoms with Gasteiger partial charge in [0.2, 0.25) is 0 Å². The largest absolute Gasteiger partial charge is 0.489 e. The second-order valence-electron chi connectivity index (χ2n) is 4.65. The third-order valence-electron chi connectivity index (χ3n) is 3.17. The Morgan fingerprint density at radius 1 is 1.50 bits per heavy atom. The van der Waals surface area contributed by atoms with Crippen LogP contribution in [0.3, 0.4) is 0 Å².